The first-order chi connectivity index (χ1) is 17.1. The van der Waals surface area contributed by atoms with Crippen LogP contribution in [0.15, 0.2) is 18.2 Å². The van der Waals surface area contributed by atoms with Crippen molar-refractivity contribution in [2.75, 3.05) is 27.3 Å². The number of hydrogen-bond acceptors (Lipinski definition) is 5. The third-order valence-electron chi connectivity index (χ3n) is 6.00. The minimum absolute atomic E-state index is 0.0167. The number of alkyl halides is 1. The number of cyclic esters (lactones) is 1. The van der Waals surface area contributed by atoms with E-state index in [0.29, 0.717) is 25.2 Å². The van der Waals surface area contributed by atoms with Gasteiger partial charge in [-0.3, -0.25) is 4.79 Å². The first-order valence-electron chi connectivity index (χ1n) is 14.0. The summed E-state index contributed by atoms with van der Waals surface area (Å²) in [5.74, 6) is 1.03. The summed E-state index contributed by atoms with van der Waals surface area (Å²) in [5, 5.41) is 0. The van der Waals surface area contributed by atoms with Crippen molar-refractivity contribution in [2.45, 2.75) is 64.3 Å². The summed E-state index contributed by atoms with van der Waals surface area (Å²) in [5.41, 5.74) is 0.952. The van der Waals surface area contributed by atoms with E-state index in [1.165, 1.54) is 0 Å². The van der Waals surface area contributed by atoms with Gasteiger partial charge in [-0.15, -0.1) is 0 Å². The maximum atomic E-state index is 12.2. The number of methoxy groups -OCH3 is 2. The lowest BCUT2D eigenvalue weighted by Gasteiger charge is -2.26. The minimum atomic E-state index is -2.64. The highest BCUT2D eigenvalue weighted by molar-refractivity contribution is 9.09. The first kappa shape index (κ1) is 18.2. The van der Waals surface area contributed by atoms with Crippen LogP contribution in [0.4, 0.5) is 0 Å². The summed E-state index contributed by atoms with van der Waals surface area (Å²) in [6.45, 7) is 8.49. The van der Waals surface area contributed by atoms with E-state index in [-0.39, 0.29) is 59.4 Å². The zero-order chi connectivity index (χ0) is 28.0. The minimum Gasteiger partial charge on any atom is -0.493 e. The summed E-state index contributed by atoms with van der Waals surface area (Å²) >= 11 is 3.78. The largest absolute Gasteiger partial charge is 0.493 e. The van der Waals surface area contributed by atoms with Crippen LogP contribution in [0.5, 0.6) is 11.5 Å². The second-order valence-corrected chi connectivity index (χ2v) is 10.1. The molecule has 0 bridgehead atoms. The molecule has 0 saturated carbocycles. The van der Waals surface area contributed by atoms with Gasteiger partial charge in [0.2, 0.25) is 0 Å². The van der Waals surface area contributed by atoms with Crippen LogP contribution in [0, 0.1) is 23.7 Å². The predicted octanol–water partition coefficient (Wildman–Crippen LogP) is 5.67. The van der Waals surface area contributed by atoms with Crippen molar-refractivity contribution in [1.29, 1.82) is 0 Å². The van der Waals surface area contributed by atoms with E-state index in [4.69, 9.17) is 27.2 Å². The van der Waals surface area contributed by atoms with Gasteiger partial charge in [-0.05, 0) is 54.7 Å². The molecule has 0 amide bonds. The molecule has 1 heterocycles. The number of ether oxygens (including phenoxy) is 4. The molecule has 2 unspecified atom stereocenters. The fraction of sp³-hybridized carbons (Fsp3) is 0.720. The summed E-state index contributed by atoms with van der Waals surface area (Å²) in [6, 6.07) is 5.19. The Bertz CT molecular complexity index is 874. The lowest BCUT2D eigenvalue weighted by Crippen LogP contribution is -2.26. The molecular formula is C25H39BrO5. The Morgan fingerprint density at radius 3 is 2.65 bits per heavy atom. The van der Waals surface area contributed by atoms with Gasteiger partial charge in [-0.1, -0.05) is 49.7 Å². The molecule has 1 aromatic carbocycles. The molecule has 176 valence electrons. The second kappa shape index (κ2) is 12.7. The Kier molecular flexibility index (Phi) is 7.44. The van der Waals surface area contributed by atoms with E-state index >= 15 is 0 Å². The number of carbonyl (C=O) groups excluding carboxylic acids is 1. The Hall–Kier alpha value is -1.27. The monoisotopic (exact) mass is 504 g/mol. The van der Waals surface area contributed by atoms with E-state index in [2.05, 4.69) is 29.8 Å². The van der Waals surface area contributed by atoms with Crippen LogP contribution in [0.25, 0.3) is 0 Å². The van der Waals surface area contributed by atoms with Crippen molar-refractivity contribution >= 4 is 21.9 Å². The van der Waals surface area contributed by atoms with Crippen molar-refractivity contribution in [1.82, 2.24) is 0 Å². The van der Waals surface area contributed by atoms with Crippen LogP contribution in [0.1, 0.15) is 60.7 Å². The summed E-state index contributed by atoms with van der Waals surface area (Å²) in [4.78, 5) is 12.3. The van der Waals surface area contributed by atoms with Crippen molar-refractivity contribution in [3.8, 4) is 11.5 Å². The Balaban J connectivity index is 2.09. The molecule has 0 spiro atoms. The van der Waals surface area contributed by atoms with Gasteiger partial charge in [0.25, 0.3) is 0 Å². The quantitative estimate of drug-likeness (QED) is 0.197. The zero-order valence-corrected chi connectivity index (χ0v) is 20.4. The van der Waals surface area contributed by atoms with Crippen LogP contribution in [-0.4, -0.2) is 44.2 Å². The molecule has 1 saturated heterocycles. The Morgan fingerprint density at radius 1 is 1.19 bits per heavy atom. The van der Waals surface area contributed by atoms with Gasteiger partial charge in [0, 0.05) is 20.1 Å². The molecule has 1 aromatic rings. The molecular weight excluding hydrogens is 460 g/mol. The molecule has 0 aliphatic carbocycles. The number of hydrogen-bond donors (Lipinski definition) is 0. The van der Waals surface area contributed by atoms with Gasteiger partial charge < -0.3 is 18.9 Å². The highest BCUT2D eigenvalue weighted by atomic mass is 79.9. The molecule has 1 aliphatic rings. The van der Waals surface area contributed by atoms with E-state index < -0.39 is 14.1 Å². The molecule has 0 radical (unpaired) electrons. The Labute approximate surface area is 204 Å². The number of esters is 1. The van der Waals surface area contributed by atoms with Gasteiger partial charge >= 0.3 is 5.97 Å². The van der Waals surface area contributed by atoms with Crippen LogP contribution < -0.4 is 9.47 Å². The van der Waals surface area contributed by atoms with Crippen LogP contribution >= 0.6 is 15.9 Å². The molecule has 1 fully saturated rings. The summed E-state index contributed by atoms with van der Waals surface area (Å²) in [6.07, 6.45) is 2.37. The van der Waals surface area contributed by atoms with Gasteiger partial charge in [-0.2, -0.15) is 0 Å². The molecule has 0 N–H and O–H groups in total. The number of rotatable bonds is 13. The topological polar surface area (TPSA) is 54.0 Å². The number of halogens is 1. The van der Waals surface area contributed by atoms with E-state index in [1.54, 1.807) is 12.1 Å². The zero-order valence-electron chi connectivity index (χ0n) is 24.9. The molecule has 2 rings (SSSR count). The first-order valence-corrected chi connectivity index (χ1v) is 11.9. The van der Waals surface area contributed by atoms with E-state index in [9.17, 15) is 4.79 Å². The average molecular weight is 506 g/mol. The standard InChI is InChI=1S/C25H39BrO5/c1-16(2)19(14-21(26)23-15-20(17(3)4)25(27)31-23)12-18-8-9-22(29-6)24(13-18)30-11-7-10-28-5/h8-9,13,16-17,19-21,23H,7,10-12,14-15H2,1-6H3/t19-,20-,21?,23?/m0/s1/i5D3,6D3. The third kappa shape index (κ3) is 7.67. The van der Waals surface area contributed by atoms with Crippen molar-refractivity contribution in [3.05, 3.63) is 23.8 Å². The van der Waals surface area contributed by atoms with Crippen molar-refractivity contribution in [2.24, 2.45) is 23.7 Å². The summed E-state index contributed by atoms with van der Waals surface area (Å²) < 4.78 is 64.9. The lowest BCUT2D eigenvalue weighted by molar-refractivity contribution is -0.145. The SMILES string of the molecule is [2H]C([2H])([2H])OCCCOc1cc(C[C@@H](CC(Br)C2C[C@@H](C(C)C)C(=O)O2)C(C)C)ccc1OC([2H])([2H])[2H]. The average Bonchev–Trinajstić information content (AvgIpc) is 3.15. The fourth-order valence-electron chi connectivity index (χ4n) is 3.92. The van der Waals surface area contributed by atoms with Crippen LogP contribution in [-0.2, 0) is 20.7 Å². The van der Waals surface area contributed by atoms with Gasteiger partial charge in [0.05, 0.1) is 32.6 Å². The summed E-state index contributed by atoms with van der Waals surface area (Å²) in [7, 11) is -5.11. The van der Waals surface area contributed by atoms with E-state index in [0.717, 1.165) is 12.0 Å². The van der Waals surface area contributed by atoms with Crippen LogP contribution in [0.3, 0.4) is 0 Å². The van der Waals surface area contributed by atoms with Crippen molar-refractivity contribution < 1.29 is 32.0 Å². The predicted molar refractivity (Wildman–Crippen MR) is 127 cm³/mol. The van der Waals surface area contributed by atoms with E-state index in [1.807, 2.05) is 19.9 Å². The number of carbonyl (C=O) groups is 1. The Morgan fingerprint density at radius 2 is 2.00 bits per heavy atom. The molecule has 5 nitrogen and oxygen atoms in total. The van der Waals surface area contributed by atoms with Gasteiger partial charge in [0.1, 0.15) is 6.10 Å². The lowest BCUT2D eigenvalue weighted by atomic mass is 9.83. The third-order valence-corrected chi connectivity index (χ3v) is 6.96. The van der Waals surface area contributed by atoms with Gasteiger partial charge in [-0.25, -0.2) is 0 Å². The van der Waals surface area contributed by atoms with Crippen LogP contribution in [0.2, 0.25) is 0 Å². The normalized spacial score (nSPS) is 24.4. The molecule has 4 atom stereocenters. The maximum Gasteiger partial charge on any atom is 0.309 e. The smallest absolute Gasteiger partial charge is 0.309 e. The highest BCUT2D eigenvalue weighted by Gasteiger charge is 2.40. The molecule has 6 heteroatoms. The molecule has 1 aliphatic heterocycles. The number of benzene rings is 1. The maximum absolute atomic E-state index is 12.2. The molecule has 31 heavy (non-hydrogen) atoms. The van der Waals surface area contributed by atoms with Crippen molar-refractivity contribution in [3.63, 3.8) is 0 Å². The molecule has 0 aromatic heterocycles. The highest BCUT2D eigenvalue weighted by Crippen LogP contribution is 2.36. The second-order valence-electron chi connectivity index (χ2n) is 8.96. The fourth-order valence-corrected chi connectivity index (χ4v) is 4.73. The van der Waals surface area contributed by atoms with Gasteiger partial charge in [0.15, 0.2) is 11.5 Å².